The number of pyridine rings is 1. The summed E-state index contributed by atoms with van der Waals surface area (Å²) in [6.07, 6.45) is 3.53. The first-order valence-corrected chi connectivity index (χ1v) is 4.52. The van der Waals surface area contributed by atoms with Gasteiger partial charge in [-0.2, -0.15) is 4.98 Å². The van der Waals surface area contributed by atoms with Gasteiger partial charge < -0.3 is 10.5 Å². The Kier molecular flexibility index (Phi) is 2.29. The Morgan fingerprint density at radius 3 is 2.80 bits per heavy atom. The molecule has 0 aliphatic carbocycles. The lowest BCUT2D eigenvalue weighted by atomic mass is 10.4. The van der Waals surface area contributed by atoms with Gasteiger partial charge in [0.2, 0.25) is 5.88 Å². The number of rotatable bonds is 2. The van der Waals surface area contributed by atoms with Crippen LogP contribution in [0, 0.1) is 6.92 Å². The molecule has 5 nitrogen and oxygen atoms in total. The van der Waals surface area contributed by atoms with E-state index < -0.39 is 0 Å². The zero-order valence-corrected chi connectivity index (χ0v) is 8.64. The smallest absolute Gasteiger partial charge is 0.215 e. The molecule has 0 aliphatic rings. The fraction of sp³-hybridized carbons (Fsp3) is 0.200. The third kappa shape index (κ3) is 1.76. The number of nitrogens with two attached hydrogens (primary N) is 1. The second-order valence-electron chi connectivity index (χ2n) is 3.19. The zero-order valence-electron chi connectivity index (χ0n) is 8.64. The number of hydrogen-bond donors (Lipinski definition) is 1. The topological polar surface area (TPSA) is 66.0 Å². The van der Waals surface area contributed by atoms with Gasteiger partial charge in [-0.3, -0.25) is 4.57 Å². The molecule has 0 aliphatic heterocycles. The fourth-order valence-corrected chi connectivity index (χ4v) is 1.30. The van der Waals surface area contributed by atoms with Crippen molar-refractivity contribution >= 4 is 5.69 Å². The van der Waals surface area contributed by atoms with Gasteiger partial charge in [0.25, 0.3) is 0 Å². The third-order valence-electron chi connectivity index (χ3n) is 2.05. The lowest BCUT2D eigenvalue weighted by molar-refractivity contribution is 0.397. The number of ether oxygens (including phenoxy) is 1. The number of aromatic nitrogens is 3. The Balaban J connectivity index is 2.51. The summed E-state index contributed by atoms with van der Waals surface area (Å²) in [4.78, 5) is 8.37. The van der Waals surface area contributed by atoms with Crippen LogP contribution in [0.25, 0.3) is 5.82 Å². The van der Waals surface area contributed by atoms with Crippen molar-refractivity contribution < 1.29 is 4.74 Å². The first-order chi connectivity index (χ1) is 7.20. The van der Waals surface area contributed by atoms with Crippen molar-refractivity contribution in [1.82, 2.24) is 14.5 Å². The Bertz CT molecular complexity index is 478. The van der Waals surface area contributed by atoms with Crippen molar-refractivity contribution in [3.8, 4) is 11.7 Å². The number of aryl methyl sites for hydroxylation is 1. The number of methoxy groups -OCH3 is 1. The molecule has 0 atom stereocenters. The van der Waals surface area contributed by atoms with E-state index in [4.69, 9.17) is 10.5 Å². The summed E-state index contributed by atoms with van der Waals surface area (Å²) in [7, 11) is 1.57. The van der Waals surface area contributed by atoms with Gasteiger partial charge in [-0.25, -0.2) is 4.98 Å². The van der Waals surface area contributed by atoms with E-state index in [1.165, 1.54) is 0 Å². The van der Waals surface area contributed by atoms with Crippen molar-refractivity contribution in [2.45, 2.75) is 6.92 Å². The summed E-state index contributed by atoms with van der Waals surface area (Å²) >= 11 is 0. The maximum atomic E-state index is 5.82. The molecule has 0 aromatic carbocycles. The van der Waals surface area contributed by atoms with Crippen molar-refractivity contribution in [3.63, 3.8) is 0 Å². The van der Waals surface area contributed by atoms with E-state index in [9.17, 15) is 0 Å². The van der Waals surface area contributed by atoms with Crippen LogP contribution in [0.1, 0.15) is 5.69 Å². The van der Waals surface area contributed by atoms with Crippen molar-refractivity contribution in [2.75, 3.05) is 12.8 Å². The Morgan fingerprint density at radius 2 is 2.20 bits per heavy atom. The van der Waals surface area contributed by atoms with Crippen LogP contribution in [0.4, 0.5) is 5.69 Å². The molecule has 0 saturated carbocycles. The third-order valence-corrected chi connectivity index (χ3v) is 2.05. The normalized spacial score (nSPS) is 10.3. The zero-order chi connectivity index (χ0) is 10.8. The second kappa shape index (κ2) is 3.61. The van der Waals surface area contributed by atoms with E-state index in [0.29, 0.717) is 17.4 Å². The van der Waals surface area contributed by atoms with E-state index in [1.54, 1.807) is 30.1 Å². The van der Waals surface area contributed by atoms with Crippen LogP contribution in [0.5, 0.6) is 5.88 Å². The molecule has 0 radical (unpaired) electrons. The molecule has 15 heavy (non-hydrogen) atoms. The highest BCUT2D eigenvalue weighted by molar-refractivity contribution is 5.54. The van der Waals surface area contributed by atoms with E-state index in [-0.39, 0.29) is 0 Å². The van der Waals surface area contributed by atoms with Gasteiger partial charge in [0.15, 0.2) is 5.82 Å². The van der Waals surface area contributed by atoms with Gasteiger partial charge in [0.1, 0.15) is 6.33 Å². The Morgan fingerprint density at radius 1 is 1.40 bits per heavy atom. The summed E-state index contributed by atoms with van der Waals surface area (Å²) in [5.74, 6) is 1.17. The summed E-state index contributed by atoms with van der Waals surface area (Å²) < 4.78 is 6.81. The molecule has 0 saturated heterocycles. The minimum atomic E-state index is 0.533. The molecule has 5 heteroatoms. The molecule has 0 amide bonds. The molecular weight excluding hydrogens is 192 g/mol. The Hall–Kier alpha value is -2.04. The lowest BCUT2D eigenvalue weighted by Gasteiger charge is -2.06. The van der Waals surface area contributed by atoms with Gasteiger partial charge in [0.05, 0.1) is 18.5 Å². The van der Waals surface area contributed by atoms with E-state index in [0.717, 1.165) is 5.69 Å². The van der Waals surface area contributed by atoms with Gasteiger partial charge in [0, 0.05) is 12.3 Å². The van der Waals surface area contributed by atoms with E-state index in [1.807, 2.05) is 13.1 Å². The Labute approximate surface area is 87.5 Å². The van der Waals surface area contributed by atoms with Gasteiger partial charge in [-0.1, -0.05) is 0 Å². The molecular formula is C10H12N4O. The molecule has 0 fully saturated rings. The van der Waals surface area contributed by atoms with Crippen LogP contribution >= 0.6 is 0 Å². The van der Waals surface area contributed by atoms with Crippen molar-refractivity contribution in [3.05, 3.63) is 30.4 Å². The number of anilines is 1. The quantitative estimate of drug-likeness (QED) is 0.797. The number of nitrogen functional groups attached to an aromatic ring is 1. The summed E-state index contributed by atoms with van der Waals surface area (Å²) in [5.41, 5.74) is 7.33. The summed E-state index contributed by atoms with van der Waals surface area (Å²) in [6.45, 7) is 1.91. The van der Waals surface area contributed by atoms with E-state index in [2.05, 4.69) is 9.97 Å². The maximum Gasteiger partial charge on any atom is 0.215 e. The first kappa shape index (κ1) is 9.51. The summed E-state index contributed by atoms with van der Waals surface area (Å²) in [5, 5.41) is 0. The van der Waals surface area contributed by atoms with Crippen molar-refractivity contribution in [1.29, 1.82) is 0 Å². The monoisotopic (exact) mass is 204 g/mol. The van der Waals surface area contributed by atoms with Crippen LogP contribution < -0.4 is 10.5 Å². The number of nitrogens with zero attached hydrogens (tertiary/aromatic N) is 3. The lowest BCUT2D eigenvalue weighted by Crippen LogP contribution is -2.02. The molecule has 0 unspecified atom stereocenters. The molecule has 2 N–H and O–H groups in total. The average molecular weight is 204 g/mol. The highest BCUT2D eigenvalue weighted by atomic mass is 16.5. The SMILES string of the molecule is COc1ccc(N)c(-n2cnc(C)c2)n1. The number of imidazole rings is 1. The van der Waals surface area contributed by atoms with Gasteiger partial charge in [-0.15, -0.1) is 0 Å². The van der Waals surface area contributed by atoms with Crippen LogP contribution in [0.2, 0.25) is 0 Å². The fourth-order valence-electron chi connectivity index (χ4n) is 1.30. The largest absolute Gasteiger partial charge is 0.481 e. The minimum Gasteiger partial charge on any atom is -0.481 e. The highest BCUT2D eigenvalue weighted by Crippen LogP contribution is 2.18. The molecule has 2 aromatic heterocycles. The standard InChI is InChI=1S/C10H12N4O/c1-7-5-14(6-12-7)10-8(11)3-4-9(13-10)15-2/h3-6H,11H2,1-2H3. The first-order valence-electron chi connectivity index (χ1n) is 4.52. The summed E-state index contributed by atoms with van der Waals surface area (Å²) in [6, 6.07) is 3.49. The minimum absolute atomic E-state index is 0.533. The van der Waals surface area contributed by atoms with Gasteiger partial charge in [-0.05, 0) is 13.0 Å². The molecule has 2 heterocycles. The number of hydrogen-bond acceptors (Lipinski definition) is 4. The molecule has 78 valence electrons. The molecule has 2 rings (SSSR count). The van der Waals surface area contributed by atoms with E-state index >= 15 is 0 Å². The predicted molar refractivity (Wildman–Crippen MR) is 57.1 cm³/mol. The maximum absolute atomic E-state index is 5.82. The van der Waals surface area contributed by atoms with Gasteiger partial charge >= 0.3 is 0 Å². The average Bonchev–Trinajstić information content (AvgIpc) is 2.65. The predicted octanol–water partition coefficient (Wildman–Crippen LogP) is 1.17. The molecule has 0 bridgehead atoms. The van der Waals surface area contributed by atoms with Crippen molar-refractivity contribution in [2.24, 2.45) is 0 Å². The second-order valence-corrected chi connectivity index (χ2v) is 3.19. The molecule has 2 aromatic rings. The van der Waals surface area contributed by atoms with Crippen LogP contribution in [-0.4, -0.2) is 21.6 Å². The van der Waals surface area contributed by atoms with Crippen LogP contribution in [-0.2, 0) is 0 Å². The highest BCUT2D eigenvalue weighted by Gasteiger charge is 2.05. The van der Waals surface area contributed by atoms with Crippen LogP contribution in [0.15, 0.2) is 24.7 Å². The van der Waals surface area contributed by atoms with Crippen LogP contribution in [0.3, 0.4) is 0 Å². The molecule has 0 spiro atoms.